The van der Waals surface area contributed by atoms with Crippen LogP contribution < -0.4 is 21.7 Å². The fraction of sp³-hybridized carbons (Fsp3) is 0.474. The standard InChI is InChI=1S/C38H50N6O4/c1-3-40-36(47)38(24-28-11-5-4-6-12-28)18-10-20-44(26-38)35(46)33(23-29-16-17-30-13-7-8-14-31(30)22-29)42-37(48)41-32-15-9-19-43(25-32)34(45)21-27(2)39/h4-8,11-14,16-17,22,27,32-33H,3,9-10,15,18-21,23-26,39H2,1-2H3,(H,40,47)(H2,41,42,48)/t27?,32-,33-,38+/m1/s1. The minimum atomic E-state index is -0.854. The van der Waals surface area contributed by atoms with Crippen molar-refractivity contribution in [3.8, 4) is 0 Å². The van der Waals surface area contributed by atoms with Crippen LogP contribution in [0.2, 0.25) is 0 Å². The largest absolute Gasteiger partial charge is 0.356 e. The van der Waals surface area contributed by atoms with Crippen LogP contribution in [0, 0.1) is 5.41 Å². The average Bonchev–Trinajstić information content (AvgIpc) is 3.08. The minimum Gasteiger partial charge on any atom is -0.356 e. The lowest BCUT2D eigenvalue weighted by molar-refractivity contribution is -0.142. The van der Waals surface area contributed by atoms with E-state index in [1.54, 1.807) is 9.80 Å². The number of hydrogen-bond donors (Lipinski definition) is 4. The molecule has 0 saturated carbocycles. The number of nitrogens with zero attached hydrogens (tertiary/aromatic N) is 2. The van der Waals surface area contributed by atoms with Gasteiger partial charge in [0.25, 0.3) is 0 Å². The first kappa shape index (κ1) is 34.9. The zero-order chi connectivity index (χ0) is 34.1. The summed E-state index contributed by atoms with van der Waals surface area (Å²) in [6.45, 7) is 6.03. The highest BCUT2D eigenvalue weighted by Gasteiger charge is 2.44. The number of piperidine rings is 2. The van der Waals surface area contributed by atoms with E-state index in [2.05, 4.69) is 22.0 Å². The van der Waals surface area contributed by atoms with Crippen molar-refractivity contribution in [2.75, 3.05) is 32.7 Å². The van der Waals surface area contributed by atoms with Gasteiger partial charge in [-0.2, -0.15) is 0 Å². The molecule has 3 aromatic carbocycles. The number of rotatable bonds is 11. The molecule has 10 heteroatoms. The number of carbonyl (C=O) groups is 4. The van der Waals surface area contributed by atoms with E-state index in [-0.39, 0.29) is 42.8 Å². The summed E-state index contributed by atoms with van der Waals surface area (Å²) < 4.78 is 0. The van der Waals surface area contributed by atoms with Gasteiger partial charge < -0.3 is 31.5 Å². The number of carbonyl (C=O) groups excluding carboxylic acids is 4. The zero-order valence-corrected chi connectivity index (χ0v) is 28.3. The van der Waals surface area contributed by atoms with Gasteiger partial charge in [-0.05, 0) is 67.9 Å². The molecular formula is C38H50N6O4. The minimum absolute atomic E-state index is 0.0162. The number of nitrogens with two attached hydrogens (primary N) is 1. The zero-order valence-electron chi connectivity index (χ0n) is 28.3. The van der Waals surface area contributed by atoms with Gasteiger partial charge in [-0.15, -0.1) is 0 Å². The third kappa shape index (κ3) is 8.92. The molecule has 5 N–H and O–H groups in total. The third-order valence-electron chi connectivity index (χ3n) is 9.56. The lowest BCUT2D eigenvalue weighted by Gasteiger charge is -2.43. The Morgan fingerprint density at radius 1 is 0.917 bits per heavy atom. The maximum absolute atomic E-state index is 14.4. The second-order valence-electron chi connectivity index (χ2n) is 13.6. The summed E-state index contributed by atoms with van der Waals surface area (Å²) in [7, 11) is 0. The van der Waals surface area contributed by atoms with Crippen molar-refractivity contribution in [3.63, 3.8) is 0 Å². The first-order chi connectivity index (χ1) is 23.2. The van der Waals surface area contributed by atoms with Gasteiger partial charge in [0.1, 0.15) is 6.04 Å². The molecule has 0 spiro atoms. The summed E-state index contributed by atoms with van der Waals surface area (Å²) in [5, 5.41) is 11.2. The summed E-state index contributed by atoms with van der Waals surface area (Å²) in [4.78, 5) is 57.8. The molecule has 3 aromatic rings. The molecule has 2 aliphatic rings. The molecule has 2 aliphatic heterocycles. The van der Waals surface area contributed by atoms with Gasteiger partial charge in [-0.3, -0.25) is 14.4 Å². The van der Waals surface area contributed by atoms with Crippen LogP contribution in [0.5, 0.6) is 0 Å². The van der Waals surface area contributed by atoms with Gasteiger partial charge in [0.15, 0.2) is 0 Å². The van der Waals surface area contributed by atoms with E-state index in [9.17, 15) is 19.2 Å². The number of benzene rings is 3. The molecule has 0 radical (unpaired) electrons. The first-order valence-electron chi connectivity index (χ1n) is 17.3. The monoisotopic (exact) mass is 654 g/mol. The highest BCUT2D eigenvalue weighted by molar-refractivity contribution is 5.90. The summed E-state index contributed by atoms with van der Waals surface area (Å²) in [6.07, 6.45) is 3.93. The fourth-order valence-corrected chi connectivity index (χ4v) is 7.20. The highest BCUT2D eigenvalue weighted by Crippen LogP contribution is 2.35. The fourth-order valence-electron chi connectivity index (χ4n) is 7.20. The number of amides is 5. The van der Waals surface area contributed by atoms with Crippen LogP contribution in [0.4, 0.5) is 4.79 Å². The molecular weight excluding hydrogens is 604 g/mol. The van der Waals surface area contributed by atoms with Gasteiger partial charge in [0, 0.05) is 57.6 Å². The second-order valence-corrected chi connectivity index (χ2v) is 13.6. The normalized spacial score (nSPS) is 20.9. The van der Waals surface area contributed by atoms with E-state index < -0.39 is 17.5 Å². The Kier molecular flexibility index (Phi) is 11.7. The number of likely N-dealkylation sites (tertiary alicyclic amines) is 2. The van der Waals surface area contributed by atoms with Gasteiger partial charge in [0.05, 0.1) is 5.41 Å². The quantitative estimate of drug-likeness (QED) is 0.250. The van der Waals surface area contributed by atoms with Crippen LogP contribution in [0.3, 0.4) is 0 Å². The molecule has 4 atom stereocenters. The van der Waals surface area contributed by atoms with Gasteiger partial charge in [-0.25, -0.2) is 4.79 Å². The van der Waals surface area contributed by atoms with Gasteiger partial charge in [-0.1, -0.05) is 72.8 Å². The SMILES string of the molecule is CCNC(=O)[C@]1(Cc2ccccc2)CCCN(C(=O)[C@@H](Cc2ccc3ccccc3c2)NC(=O)N[C@@H]2CCCN(C(=O)CC(C)N)C2)C1. The summed E-state index contributed by atoms with van der Waals surface area (Å²) >= 11 is 0. The lowest BCUT2D eigenvalue weighted by atomic mass is 9.74. The van der Waals surface area contributed by atoms with E-state index in [0.29, 0.717) is 51.9 Å². The van der Waals surface area contributed by atoms with Crippen LogP contribution in [-0.2, 0) is 27.2 Å². The van der Waals surface area contributed by atoms with E-state index >= 15 is 0 Å². The Bertz CT molecular complexity index is 1580. The molecule has 0 aromatic heterocycles. The van der Waals surface area contributed by atoms with E-state index in [1.165, 1.54) is 0 Å². The Morgan fingerprint density at radius 2 is 1.65 bits per heavy atom. The molecule has 10 nitrogen and oxygen atoms in total. The van der Waals surface area contributed by atoms with Crippen LogP contribution in [0.25, 0.3) is 10.8 Å². The van der Waals surface area contributed by atoms with Crippen molar-refractivity contribution in [1.82, 2.24) is 25.8 Å². The van der Waals surface area contributed by atoms with E-state index in [4.69, 9.17) is 5.73 Å². The Labute approximate surface area is 283 Å². The predicted molar refractivity (Wildman–Crippen MR) is 188 cm³/mol. The smallest absolute Gasteiger partial charge is 0.315 e. The lowest BCUT2D eigenvalue weighted by Crippen LogP contribution is -2.60. The predicted octanol–water partition coefficient (Wildman–Crippen LogP) is 3.77. The second kappa shape index (κ2) is 16.1. The first-order valence-corrected chi connectivity index (χ1v) is 17.3. The Hall–Kier alpha value is -4.44. The summed E-state index contributed by atoms with van der Waals surface area (Å²) in [6, 6.07) is 22.3. The molecule has 2 heterocycles. The van der Waals surface area contributed by atoms with Crippen molar-refractivity contribution in [3.05, 3.63) is 83.9 Å². The Balaban J connectivity index is 1.36. The van der Waals surface area contributed by atoms with Crippen LogP contribution >= 0.6 is 0 Å². The topological polar surface area (TPSA) is 137 Å². The van der Waals surface area contributed by atoms with Crippen molar-refractivity contribution in [2.45, 2.75) is 76.9 Å². The van der Waals surface area contributed by atoms with Crippen molar-refractivity contribution in [2.24, 2.45) is 11.1 Å². The number of fused-ring (bicyclic) bond motifs is 1. The number of urea groups is 1. The van der Waals surface area contributed by atoms with E-state index in [1.807, 2.05) is 80.6 Å². The number of nitrogens with one attached hydrogen (secondary N) is 3. The molecule has 5 amide bonds. The average molecular weight is 655 g/mol. The molecule has 5 rings (SSSR count). The van der Waals surface area contributed by atoms with E-state index in [0.717, 1.165) is 34.7 Å². The van der Waals surface area contributed by atoms with Crippen LogP contribution in [0.1, 0.15) is 57.1 Å². The highest BCUT2D eigenvalue weighted by atomic mass is 16.2. The molecule has 0 bridgehead atoms. The molecule has 48 heavy (non-hydrogen) atoms. The van der Waals surface area contributed by atoms with Crippen molar-refractivity contribution in [1.29, 1.82) is 0 Å². The third-order valence-corrected chi connectivity index (χ3v) is 9.56. The van der Waals surface area contributed by atoms with Gasteiger partial charge >= 0.3 is 6.03 Å². The molecule has 0 aliphatic carbocycles. The molecule has 256 valence electrons. The maximum Gasteiger partial charge on any atom is 0.315 e. The number of hydrogen-bond acceptors (Lipinski definition) is 5. The molecule has 2 fully saturated rings. The molecule has 1 unspecified atom stereocenters. The van der Waals surface area contributed by atoms with Gasteiger partial charge in [0.2, 0.25) is 17.7 Å². The Morgan fingerprint density at radius 3 is 2.40 bits per heavy atom. The van der Waals surface area contributed by atoms with Crippen LogP contribution in [-0.4, -0.2) is 84.4 Å². The van der Waals surface area contributed by atoms with Crippen molar-refractivity contribution < 1.29 is 19.2 Å². The van der Waals surface area contributed by atoms with Crippen LogP contribution in [0.15, 0.2) is 72.8 Å². The van der Waals surface area contributed by atoms with Crippen molar-refractivity contribution >= 4 is 34.5 Å². The maximum atomic E-state index is 14.4. The summed E-state index contributed by atoms with van der Waals surface area (Å²) in [5.74, 6) is -0.279. The summed E-state index contributed by atoms with van der Waals surface area (Å²) in [5.41, 5.74) is 7.05. The molecule has 2 saturated heterocycles.